The Bertz CT molecular complexity index is 1470. The molecular weight excluding hydrogens is 515 g/mol. The molecule has 3 heterocycles. The van der Waals surface area contributed by atoms with Crippen molar-refractivity contribution in [2.75, 3.05) is 31.1 Å². The van der Waals surface area contributed by atoms with Gasteiger partial charge in [-0.15, -0.1) is 0 Å². The molecule has 1 amide bonds. The summed E-state index contributed by atoms with van der Waals surface area (Å²) in [6, 6.07) is 15.3. The highest BCUT2D eigenvalue weighted by Gasteiger charge is 2.41. The average Bonchev–Trinajstić information content (AvgIpc) is 3.54. The van der Waals surface area contributed by atoms with Gasteiger partial charge in [0.25, 0.3) is 5.91 Å². The van der Waals surface area contributed by atoms with Gasteiger partial charge in [0.15, 0.2) is 0 Å². The number of hydrogen-bond donors (Lipinski definition) is 1. The Labute approximate surface area is 229 Å². The maximum absolute atomic E-state index is 14.0. The minimum absolute atomic E-state index is 0.00324. The van der Waals surface area contributed by atoms with Gasteiger partial charge in [-0.25, -0.2) is 17.5 Å². The van der Waals surface area contributed by atoms with Crippen LogP contribution < -0.4 is 9.62 Å². The summed E-state index contributed by atoms with van der Waals surface area (Å²) in [5, 5.41) is 0. The monoisotopic (exact) mass is 548 g/mol. The van der Waals surface area contributed by atoms with Crippen molar-refractivity contribution in [2.24, 2.45) is 5.41 Å². The number of pyridine rings is 1. The van der Waals surface area contributed by atoms with Gasteiger partial charge < -0.3 is 9.80 Å². The number of fused-ring (bicyclic) bond motifs is 1. The minimum Gasteiger partial charge on any atom is -0.371 e. The molecule has 3 aromatic rings. The Kier molecular flexibility index (Phi) is 6.89. The number of carbonyl (C=O) groups excluding carboxylic acids is 1. The first-order chi connectivity index (χ1) is 18.8. The van der Waals surface area contributed by atoms with E-state index in [2.05, 4.69) is 26.7 Å². The molecule has 9 heteroatoms. The fraction of sp³-hybridized carbons (Fsp3) is 0.400. The van der Waals surface area contributed by atoms with E-state index in [-0.39, 0.29) is 16.9 Å². The number of aryl methyl sites for hydroxylation is 1. The lowest BCUT2D eigenvalue weighted by Crippen LogP contribution is -2.44. The first-order valence-electron chi connectivity index (χ1n) is 13.6. The number of nitrogens with one attached hydrogen (secondary N) is 1. The zero-order valence-corrected chi connectivity index (χ0v) is 22.7. The normalized spacial score (nSPS) is 20.4. The number of sulfonamides is 1. The SMILES string of the molecule is O=C(c1ccc2c(c1)C(NS(=O)(=O)Cc1ccccc1F)CC2)N1CCC2(CC1)CCN(c1ccncc1)C2. The maximum atomic E-state index is 14.0. The van der Waals surface area contributed by atoms with Gasteiger partial charge in [-0.2, -0.15) is 0 Å². The lowest BCUT2D eigenvalue weighted by Gasteiger charge is -2.39. The minimum atomic E-state index is -3.77. The second-order valence-corrected chi connectivity index (χ2v) is 12.9. The topological polar surface area (TPSA) is 82.6 Å². The van der Waals surface area contributed by atoms with Crippen LogP contribution in [0.3, 0.4) is 0 Å². The molecule has 204 valence electrons. The van der Waals surface area contributed by atoms with E-state index in [1.54, 1.807) is 6.07 Å². The van der Waals surface area contributed by atoms with Gasteiger partial charge in [0.05, 0.1) is 5.75 Å². The fourth-order valence-electron chi connectivity index (χ4n) is 6.42. The summed E-state index contributed by atoms with van der Waals surface area (Å²) in [5.41, 5.74) is 4.06. The highest BCUT2D eigenvalue weighted by atomic mass is 32.2. The third-order valence-electron chi connectivity index (χ3n) is 8.67. The van der Waals surface area contributed by atoms with Crippen molar-refractivity contribution in [2.45, 2.75) is 43.9 Å². The van der Waals surface area contributed by atoms with Crippen LogP contribution in [0.4, 0.5) is 10.1 Å². The molecule has 1 unspecified atom stereocenters. The number of likely N-dealkylation sites (tertiary alicyclic amines) is 1. The van der Waals surface area contributed by atoms with E-state index in [1.807, 2.05) is 35.5 Å². The van der Waals surface area contributed by atoms with Crippen LogP contribution >= 0.6 is 0 Å². The molecule has 39 heavy (non-hydrogen) atoms. The highest BCUT2D eigenvalue weighted by molar-refractivity contribution is 7.88. The zero-order valence-electron chi connectivity index (χ0n) is 21.9. The highest BCUT2D eigenvalue weighted by Crippen LogP contribution is 2.42. The summed E-state index contributed by atoms with van der Waals surface area (Å²) in [4.78, 5) is 22.0. The number of amides is 1. The van der Waals surface area contributed by atoms with Crippen molar-refractivity contribution < 1.29 is 17.6 Å². The lowest BCUT2D eigenvalue weighted by atomic mass is 9.77. The molecule has 1 atom stereocenters. The van der Waals surface area contributed by atoms with E-state index in [0.29, 0.717) is 12.0 Å². The van der Waals surface area contributed by atoms with Crippen molar-refractivity contribution >= 4 is 21.6 Å². The predicted octanol–water partition coefficient (Wildman–Crippen LogP) is 4.46. The molecule has 2 saturated heterocycles. The molecule has 3 aliphatic rings. The van der Waals surface area contributed by atoms with Gasteiger partial charge in [0, 0.05) is 61.4 Å². The van der Waals surface area contributed by atoms with Crippen LogP contribution in [0, 0.1) is 11.2 Å². The lowest BCUT2D eigenvalue weighted by molar-refractivity contribution is 0.0610. The van der Waals surface area contributed by atoms with Crippen LogP contribution in [0.2, 0.25) is 0 Å². The quantitative estimate of drug-likeness (QED) is 0.492. The van der Waals surface area contributed by atoms with Crippen molar-refractivity contribution in [3.05, 3.63) is 95.1 Å². The predicted molar refractivity (Wildman–Crippen MR) is 148 cm³/mol. The third kappa shape index (κ3) is 5.43. The molecule has 2 aromatic carbocycles. The second kappa shape index (κ2) is 10.4. The van der Waals surface area contributed by atoms with Crippen molar-refractivity contribution in [3.8, 4) is 0 Å². The van der Waals surface area contributed by atoms with Crippen LogP contribution in [0.1, 0.15) is 58.8 Å². The van der Waals surface area contributed by atoms with Gasteiger partial charge in [-0.3, -0.25) is 9.78 Å². The molecule has 1 N–H and O–H groups in total. The van der Waals surface area contributed by atoms with Crippen molar-refractivity contribution in [1.29, 1.82) is 0 Å². The van der Waals surface area contributed by atoms with Gasteiger partial charge in [-0.05, 0) is 79.0 Å². The number of anilines is 1. The molecular formula is C30H33FN4O3S. The van der Waals surface area contributed by atoms with E-state index < -0.39 is 27.6 Å². The average molecular weight is 549 g/mol. The van der Waals surface area contributed by atoms with Gasteiger partial charge in [-0.1, -0.05) is 24.3 Å². The number of hydrogen-bond acceptors (Lipinski definition) is 5. The van der Waals surface area contributed by atoms with E-state index in [0.717, 1.165) is 63.0 Å². The molecule has 0 bridgehead atoms. The summed E-state index contributed by atoms with van der Waals surface area (Å²) in [5.74, 6) is -0.955. The molecule has 6 rings (SSSR count). The molecule has 1 aromatic heterocycles. The Morgan fingerprint density at radius 2 is 1.77 bits per heavy atom. The Balaban J connectivity index is 1.10. The standard InChI is InChI=1S/C30H33FN4O3S/c31-27-4-2-1-3-24(27)20-39(37,38)33-28-8-7-22-5-6-23(19-26(22)28)29(36)34-16-11-30(12-17-34)13-18-35(21-30)25-9-14-32-15-10-25/h1-6,9-10,14-15,19,28,33H,7-8,11-13,16-18,20-21H2. The van der Waals surface area contributed by atoms with Crippen LogP contribution in [-0.4, -0.2) is 50.4 Å². The Morgan fingerprint density at radius 1 is 1.03 bits per heavy atom. The molecule has 0 radical (unpaired) electrons. The van der Waals surface area contributed by atoms with E-state index in [1.165, 1.54) is 23.9 Å². The maximum Gasteiger partial charge on any atom is 0.253 e. The number of rotatable bonds is 6. The van der Waals surface area contributed by atoms with Crippen molar-refractivity contribution in [3.63, 3.8) is 0 Å². The summed E-state index contributed by atoms with van der Waals surface area (Å²) < 4.78 is 42.5. The zero-order chi connectivity index (χ0) is 27.0. The van der Waals surface area contributed by atoms with Gasteiger partial charge in [0.1, 0.15) is 5.82 Å². The van der Waals surface area contributed by atoms with Crippen LogP contribution in [0.5, 0.6) is 0 Å². The number of aromatic nitrogens is 1. The van der Waals surface area contributed by atoms with E-state index in [4.69, 9.17) is 0 Å². The summed E-state index contributed by atoms with van der Waals surface area (Å²) >= 11 is 0. The second-order valence-electron chi connectivity index (χ2n) is 11.1. The summed E-state index contributed by atoms with van der Waals surface area (Å²) in [7, 11) is -3.77. The van der Waals surface area contributed by atoms with Crippen LogP contribution in [-0.2, 0) is 22.2 Å². The molecule has 2 fully saturated rings. The molecule has 7 nitrogen and oxygen atoms in total. The largest absolute Gasteiger partial charge is 0.371 e. The number of benzene rings is 2. The molecule has 1 spiro atoms. The summed E-state index contributed by atoms with van der Waals surface area (Å²) in [6.07, 6.45) is 8.09. The number of piperidine rings is 1. The third-order valence-corrected chi connectivity index (χ3v) is 10.0. The van der Waals surface area contributed by atoms with Gasteiger partial charge in [0.2, 0.25) is 10.0 Å². The Hall–Kier alpha value is -3.30. The smallest absolute Gasteiger partial charge is 0.253 e. The molecule has 1 aliphatic carbocycles. The van der Waals surface area contributed by atoms with Crippen molar-refractivity contribution in [1.82, 2.24) is 14.6 Å². The van der Waals surface area contributed by atoms with Crippen LogP contribution in [0.25, 0.3) is 0 Å². The molecule has 2 aliphatic heterocycles. The first kappa shape index (κ1) is 26.0. The first-order valence-corrected chi connectivity index (χ1v) is 15.3. The number of halogens is 1. The van der Waals surface area contributed by atoms with E-state index in [9.17, 15) is 17.6 Å². The van der Waals surface area contributed by atoms with Gasteiger partial charge >= 0.3 is 0 Å². The van der Waals surface area contributed by atoms with E-state index >= 15 is 0 Å². The molecule has 0 saturated carbocycles. The van der Waals surface area contributed by atoms with Crippen LogP contribution in [0.15, 0.2) is 67.0 Å². The summed E-state index contributed by atoms with van der Waals surface area (Å²) in [6.45, 7) is 3.47. The fourth-order valence-corrected chi connectivity index (χ4v) is 7.83. The number of carbonyl (C=O) groups is 1. The Morgan fingerprint density at radius 3 is 2.54 bits per heavy atom. The number of nitrogens with zero attached hydrogens (tertiary/aromatic N) is 3.